The van der Waals surface area contributed by atoms with Gasteiger partial charge in [0.1, 0.15) is 0 Å². The summed E-state index contributed by atoms with van der Waals surface area (Å²) in [6, 6.07) is 13.4. The Bertz CT molecular complexity index is 1260. The lowest BCUT2D eigenvalue weighted by Crippen LogP contribution is -2.45. The SMILES string of the molecule is COC(=O)[C@H](COC(C)C)NC(=O)c1cc2ccccc2cc1NC(=O)Nc1c(C)cc(C)cc1C. The van der Waals surface area contributed by atoms with Gasteiger partial charge in [-0.2, -0.15) is 0 Å². The highest BCUT2D eigenvalue weighted by molar-refractivity contribution is 6.10. The van der Waals surface area contributed by atoms with Gasteiger partial charge < -0.3 is 25.4 Å². The molecule has 3 aromatic carbocycles. The van der Waals surface area contributed by atoms with Crippen LogP contribution >= 0.6 is 0 Å². The molecule has 0 bridgehead atoms. The van der Waals surface area contributed by atoms with E-state index in [1.54, 1.807) is 12.1 Å². The predicted molar refractivity (Wildman–Crippen MR) is 142 cm³/mol. The summed E-state index contributed by atoms with van der Waals surface area (Å²) in [6.45, 7) is 9.47. The molecule has 0 unspecified atom stereocenters. The van der Waals surface area contributed by atoms with Gasteiger partial charge in [-0.05, 0) is 68.7 Å². The van der Waals surface area contributed by atoms with Crippen molar-refractivity contribution in [1.82, 2.24) is 5.32 Å². The molecular formula is C28H33N3O5. The topological polar surface area (TPSA) is 106 Å². The zero-order valence-corrected chi connectivity index (χ0v) is 21.5. The Morgan fingerprint density at radius 1 is 0.889 bits per heavy atom. The first-order valence-corrected chi connectivity index (χ1v) is 11.8. The minimum atomic E-state index is -1.00. The highest BCUT2D eigenvalue weighted by Crippen LogP contribution is 2.26. The van der Waals surface area contributed by atoms with Crippen LogP contribution in [0, 0.1) is 20.8 Å². The summed E-state index contributed by atoms with van der Waals surface area (Å²) < 4.78 is 10.4. The van der Waals surface area contributed by atoms with Crippen LogP contribution in [-0.2, 0) is 14.3 Å². The molecule has 3 N–H and O–H groups in total. The number of anilines is 2. The zero-order valence-electron chi connectivity index (χ0n) is 21.5. The van der Waals surface area contributed by atoms with E-state index in [2.05, 4.69) is 16.0 Å². The van der Waals surface area contributed by atoms with Crippen LogP contribution < -0.4 is 16.0 Å². The number of esters is 1. The monoisotopic (exact) mass is 491 g/mol. The third-order valence-electron chi connectivity index (χ3n) is 5.68. The van der Waals surface area contributed by atoms with Crippen molar-refractivity contribution in [3.8, 4) is 0 Å². The number of carbonyl (C=O) groups excluding carboxylic acids is 3. The maximum absolute atomic E-state index is 13.3. The Kier molecular flexibility index (Phi) is 8.66. The highest BCUT2D eigenvalue weighted by Gasteiger charge is 2.25. The lowest BCUT2D eigenvalue weighted by Gasteiger charge is -2.20. The second kappa shape index (κ2) is 11.7. The summed E-state index contributed by atoms with van der Waals surface area (Å²) in [7, 11) is 1.25. The standard InChI is InChI=1S/C28H33N3O5/c1-16(2)36-15-24(27(33)35-6)29-26(32)22-13-20-9-7-8-10-21(20)14-23(22)30-28(34)31-25-18(4)11-17(3)12-19(25)5/h7-14,16,24H,15H2,1-6H3,(H,29,32)(H2,30,31,34)/t24-/m0/s1. The van der Waals surface area contributed by atoms with Crippen LogP contribution in [0.5, 0.6) is 0 Å². The quantitative estimate of drug-likeness (QED) is 0.380. The van der Waals surface area contributed by atoms with Gasteiger partial charge in [-0.3, -0.25) is 4.79 Å². The molecule has 0 aromatic heterocycles. The number of fused-ring (bicyclic) bond motifs is 1. The van der Waals surface area contributed by atoms with E-state index in [-0.39, 0.29) is 18.3 Å². The number of aryl methyl sites for hydroxylation is 3. The van der Waals surface area contributed by atoms with Gasteiger partial charge >= 0.3 is 12.0 Å². The van der Waals surface area contributed by atoms with Gasteiger partial charge in [0.05, 0.1) is 31.1 Å². The average molecular weight is 492 g/mol. The van der Waals surface area contributed by atoms with Gasteiger partial charge in [0.15, 0.2) is 6.04 Å². The molecule has 0 spiro atoms. The Labute approximate surface area is 211 Å². The van der Waals surface area contributed by atoms with Crippen molar-refractivity contribution in [2.75, 3.05) is 24.4 Å². The Balaban J connectivity index is 1.91. The Hall–Kier alpha value is -3.91. The van der Waals surface area contributed by atoms with Crippen molar-refractivity contribution in [2.45, 2.75) is 46.8 Å². The molecule has 8 nitrogen and oxygen atoms in total. The number of rotatable bonds is 8. The average Bonchev–Trinajstić information content (AvgIpc) is 2.82. The van der Waals surface area contributed by atoms with Gasteiger partial charge in [-0.25, -0.2) is 9.59 Å². The molecule has 0 radical (unpaired) electrons. The molecule has 36 heavy (non-hydrogen) atoms. The van der Waals surface area contributed by atoms with Crippen LogP contribution in [0.25, 0.3) is 10.8 Å². The highest BCUT2D eigenvalue weighted by atomic mass is 16.5. The number of urea groups is 1. The molecule has 3 rings (SSSR count). The smallest absolute Gasteiger partial charge is 0.330 e. The summed E-state index contributed by atoms with van der Waals surface area (Å²) in [5.41, 5.74) is 4.20. The van der Waals surface area contributed by atoms with E-state index in [4.69, 9.17) is 9.47 Å². The number of benzene rings is 3. The molecule has 0 aliphatic rings. The van der Waals surface area contributed by atoms with Crippen LogP contribution in [0.2, 0.25) is 0 Å². The van der Waals surface area contributed by atoms with Crippen LogP contribution in [0.3, 0.4) is 0 Å². The Morgan fingerprint density at radius 3 is 2.08 bits per heavy atom. The molecule has 1 atom stereocenters. The number of hydrogen-bond donors (Lipinski definition) is 3. The maximum atomic E-state index is 13.3. The fourth-order valence-electron chi connectivity index (χ4n) is 4.01. The molecule has 0 saturated heterocycles. The molecule has 3 amide bonds. The van der Waals surface area contributed by atoms with Crippen LogP contribution in [-0.4, -0.2) is 43.8 Å². The molecule has 190 valence electrons. The van der Waals surface area contributed by atoms with Gasteiger partial charge in [0, 0.05) is 5.69 Å². The minimum absolute atomic E-state index is 0.0428. The van der Waals surface area contributed by atoms with E-state index < -0.39 is 23.9 Å². The molecule has 0 heterocycles. The number of carbonyl (C=O) groups is 3. The molecule has 8 heteroatoms. The fourth-order valence-corrected chi connectivity index (χ4v) is 4.01. The largest absolute Gasteiger partial charge is 0.467 e. The first kappa shape index (κ1) is 26.7. The summed E-state index contributed by atoms with van der Waals surface area (Å²) in [5.74, 6) is -1.16. The maximum Gasteiger partial charge on any atom is 0.330 e. The molecular weight excluding hydrogens is 458 g/mol. The fraction of sp³-hybridized carbons (Fsp3) is 0.321. The predicted octanol–water partition coefficient (Wildman–Crippen LogP) is 5.11. The third kappa shape index (κ3) is 6.60. The number of amides is 3. The van der Waals surface area contributed by atoms with Crippen LogP contribution in [0.1, 0.15) is 40.9 Å². The van der Waals surface area contributed by atoms with E-state index in [0.717, 1.165) is 27.5 Å². The lowest BCUT2D eigenvalue weighted by atomic mass is 10.0. The number of methoxy groups -OCH3 is 1. The van der Waals surface area contributed by atoms with E-state index in [0.29, 0.717) is 11.4 Å². The first-order chi connectivity index (χ1) is 17.1. The Morgan fingerprint density at radius 2 is 1.50 bits per heavy atom. The van der Waals surface area contributed by atoms with Crippen molar-refractivity contribution >= 4 is 40.1 Å². The molecule has 0 aliphatic heterocycles. The second-order valence-corrected chi connectivity index (χ2v) is 9.03. The molecule has 0 aliphatic carbocycles. The summed E-state index contributed by atoms with van der Waals surface area (Å²) in [5, 5.41) is 10.0. The van der Waals surface area contributed by atoms with Crippen molar-refractivity contribution in [3.63, 3.8) is 0 Å². The van der Waals surface area contributed by atoms with Gasteiger partial charge in [-0.15, -0.1) is 0 Å². The second-order valence-electron chi connectivity index (χ2n) is 9.03. The van der Waals surface area contributed by atoms with Gasteiger partial charge in [-0.1, -0.05) is 42.0 Å². The first-order valence-electron chi connectivity index (χ1n) is 11.8. The van der Waals surface area contributed by atoms with E-state index >= 15 is 0 Å². The van der Waals surface area contributed by atoms with Crippen LogP contribution in [0.15, 0.2) is 48.5 Å². The van der Waals surface area contributed by atoms with E-state index in [1.807, 2.05) is 71.0 Å². The normalized spacial score (nSPS) is 11.8. The summed E-state index contributed by atoms with van der Waals surface area (Å²) in [4.78, 5) is 38.6. The summed E-state index contributed by atoms with van der Waals surface area (Å²) in [6.07, 6.45) is -0.135. The van der Waals surface area contributed by atoms with Crippen molar-refractivity contribution in [2.24, 2.45) is 0 Å². The minimum Gasteiger partial charge on any atom is -0.467 e. The summed E-state index contributed by atoms with van der Waals surface area (Å²) >= 11 is 0. The van der Waals surface area contributed by atoms with Crippen LogP contribution in [0.4, 0.5) is 16.2 Å². The van der Waals surface area contributed by atoms with E-state index in [1.165, 1.54) is 7.11 Å². The molecule has 0 fully saturated rings. The van der Waals surface area contributed by atoms with Crippen molar-refractivity contribution in [3.05, 3.63) is 70.8 Å². The van der Waals surface area contributed by atoms with E-state index in [9.17, 15) is 14.4 Å². The molecule has 3 aromatic rings. The number of ether oxygens (including phenoxy) is 2. The van der Waals surface area contributed by atoms with Crippen molar-refractivity contribution in [1.29, 1.82) is 0 Å². The third-order valence-corrected chi connectivity index (χ3v) is 5.68. The van der Waals surface area contributed by atoms with Gasteiger partial charge in [0.2, 0.25) is 0 Å². The number of hydrogen-bond acceptors (Lipinski definition) is 5. The molecule has 0 saturated carbocycles. The van der Waals surface area contributed by atoms with Crippen molar-refractivity contribution < 1.29 is 23.9 Å². The lowest BCUT2D eigenvalue weighted by molar-refractivity contribution is -0.144. The number of nitrogens with one attached hydrogen (secondary N) is 3. The van der Waals surface area contributed by atoms with Gasteiger partial charge in [0.25, 0.3) is 5.91 Å². The zero-order chi connectivity index (χ0) is 26.4.